The first-order valence-electron chi connectivity index (χ1n) is 7.90. The van der Waals surface area contributed by atoms with Crippen LogP contribution in [0.4, 0.5) is 0 Å². The SMILES string of the molecule is COCCn1ccnc1[C@H]1CCCN(C(=O)c2csc(C)n2)C1. The first-order chi connectivity index (χ1) is 11.2. The molecule has 0 spiro atoms. The highest BCUT2D eigenvalue weighted by Gasteiger charge is 2.28. The average Bonchev–Trinajstić information content (AvgIpc) is 3.21. The number of hydrogen-bond donors (Lipinski definition) is 0. The van der Waals surface area contributed by atoms with E-state index in [2.05, 4.69) is 14.5 Å². The molecule has 6 nitrogen and oxygen atoms in total. The number of aromatic nitrogens is 3. The van der Waals surface area contributed by atoms with Crippen LogP contribution in [0, 0.1) is 6.92 Å². The van der Waals surface area contributed by atoms with Gasteiger partial charge in [-0.25, -0.2) is 9.97 Å². The molecule has 1 amide bonds. The predicted octanol–water partition coefficient (Wildman–Crippen LogP) is 2.31. The van der Waals surface area contributed by atoms with Gasteiger partial charge < -0.3 is 14.2 Å². The molecule has 0 aromatic carbocycles. The van der Waals surface area contributed by atoms with Crippen molar-refractivity contribution in [3.8, 4) is 0 Å². The van der Waals surface area contributed by atoms with Gasteiger partial charge >= 0.3 is 0 Å². The Morgan fingerprint density at radius 3 is 3.13 bits per heavy atom. The van der Waals surface area contributed by atoms with E-state index in [1.54, 1.807) is 7.11 Å². The zero-order valence-electron chi connectivity index (χ0n) is 13.6. The molecule has 0 unspecified atom stereocenters. The van der Waals surface area contributed by atoms with E-state index in [4.69, 9.17) is 4.74 Å². The molecule has 0 radical (unpaired) electrons. The molecule has 1 atom stereocenters. The number of nitrogens with zero attached hydrogens (tertiary/aromatic N) is 4. The number of hydrogen-bond acceptors (Lipinski definition) is 5. The van der Waals surface area contributed by atoms with E-state index in [9.17, 15) is 4.79 Å². The Morgan fingerprint density at radius 1 is 1.52 bits per heavy atom. The van der Waals surface area contributed by atoms with Gasteiger partial charge in [0.1, 0.15) is 11.5 Å². The lowest BCUT2D eigenvalue weighted by atomic mass is 9.97. The Balaban J connectivity index is 1.71. The van der Waals surface area contributed by atoms with Crippen LogP contribution >= 0.6 is 11.3 Å². The maximum atomic E-state index is 12.6. The zero-order chi connectivity index (χ0) is 16.2. The summed E-state index contributed by atoms with van der Waals surface area (Å²) in [6, 6.07) is 0. The number of piperidine rings is 1. The number of likely N-dealkylation sites (tertiary alicyclic amines) is 1. The van der Waals surface area contributed by atoms with E-state index in [-0.39, 0.29) is 11.8 Å². The van der Waals surface area contributed by atoms with E-state index in [0.717, 1.165) is 36.8 Å². The fourth-order valence-corrected chi connectivity index (χ4v) is 3.64. The minimum atomic E-state index is 0.0362. The summed E-state index contributed by atoms with van der Waals surface area (Å²) in [4.78, 5) is 23.4. The predicted molar refractivity (Wildman–Crippen MR) is 88.8 cm³/mol. The molecule has 124 valence electrons. The summed E-state index contributed by atoms with van der Waals surface area (Å²) in [5.41, 5.74) is 0.566. The zero-order valence-corrected chi connectivity index (χ0v) is 14.4. The summed E-state index contributed by atoms with van der Waals surface area (Å²) in [5.74, 6) is 1.36. The van der Waals surface area contributed by atoms with Gasteiger partial charge in [0, 0.05) is 50.4 Å². The van der Waals surface area contributed by atoms with Crippen molar-refractivity contribution in [3.63, 3.8) is 0 Å². The molecule has 3 heterocycles. The number of rotatable bonds is 5. The second-order valence-corrected chi connectivity index (χ2v) is 6.88. The third kappa shape index (κ3) is 3.61. The van der Waals surface area contributed by atoms with E-state index < -0.39 is 0 Å². The van der Waals surface area contributed by atoms with Crippen LogP contribution in [-0.4, -0.2) is 52.1 Å². The van der Waals surface area contributed by atoms with Crippen LogP contribution < -0.4 is 0 Å². The number of carbonyl (C=O) groups is 1. The summed E-state index contributed by atoms with van der Waals surface area (Å²) < 4.78 is 7.29. The minimum Gasteiger partial charge on any atom is -0.383 e. The van der Waals surface area contributed by atoms with Crippen LogP contribution in [0.1, 0.15) is 40.1 Å². The highest BCUT2D eigenvalue weighted by molar-refractivity contribution is 7.09. The Kier molecular flexibility index (Phi) is 5.07. The summed E-state index contributed by atoms with van der Waals surface area (Å²) >= 11 is 1.52. The highest BCUT2D eigenvalue weighted by atomic mass is 32.1. The average molecular weight is 334 g/mol. The van der Waals surface area contributed by atoms with Gasteiger partial charge in [-0.15, -0.1) is 11.3 Å². The molecule has 0 N–H and O–H groups in total. The maximum Gasteiger partial charge on any atom is 0.273 e. The lowest BCUT2D eigenvalue weighted by Crippen LogP contribution is -2.40. The van der Waals surface area contributed by atoms with Crippen molar-refractivity contribution in [2.75, 3.05) is 26.8 Å². The van der Waals surface area contributed by atoms with Crippen LogP contribution in [0.3, 0.4) is 0 Å². The van der Waals surface area contributed by atoms with Crippen LogP contribution in [-0.2, 0) is 11.3 Å². The minimum absolute atomic E-state index is 0.0362. The van der Waals surface area contributed by atoms with Gasteiger partial charge in [-0.3, -0.25) is 4.79 Å². The lowest BCUT2D eigenvalue weighted by molar-refractivity contribution is 0.0697. The lowest BCUT2D eigenvalue weighted by Gasteiger charge is -2.32. The second-order valence-electron chi connectivity index (χ2n) is 5.81. The molecule has 0 aliphatic carbocycles. The van der Waals surface area contributed by atoms with Crippen molar-refractivity contribution in [2.45, 2.75) is 32.2 Å². The molecule has 0 bridgehead atoms. The van der Waals surface area contributed by atoms with Crippen LogP contribution in [0.5, 0.6) is 0 Å². The molecule has 1 fully saturated rings. The third-order valence-corrected chi connectivity index (χ3v) is 4.97. The van der Waals surface area contributed by atoms with Crippen molar-refractivity contribution in [2.24, 2.45) is 0 Å². The van der Waals surface area contributed by atoms with Crippen molar-refractivity contribution >= 4 is 17.2 Å². The Labute approximate surface area is 140 Å². The second kappa shape index (κ2) is 7.23. The van der Waals surface area contributed by atoms with Crippen LogP contribution in [0.15, 0.2) is 17.8 Å². The van der Waals surface area contributed by atoms with Gasteiger partial charge in [-0.2, -0.15) is 0 Å². The quantitative estimate of drug-likeness (QED) is 0.842. The summed E-state index contributed by atoms with van der Waals surface area (Å²) in [7, 11) is 1.70. The van der Waals surface area contributed by atoms with E-state index >= 15 is 0 Å². The number of methoxy groups -OCH3 is 1. The molecule has 1 saturated heterocycles. The maximum absolute atomic E-state index is 12.6. The molecule has 1 aliphatic heterocycles. The van der Waals surface area contributed by atoms with E-state index in [0.29, 0.717) is 18.8 Å². The molecule has 0 saturated carbocycles. The molecule has 2 aromatic heterocycles. The summed E-state index contributed by atoms with van der Waals surface area (Å²) in [6.07, 6.45) is 5.87. The van der Waals surface area contributed by atoms with Crippen LogP contribution in [0.25, 0.3) is 0 Å². The molecule has 23 heavy (non-hydrogen) atoms. The number of imidazole rings is 1. The van der Waals surface area contributed by atoms with Gasteiger partial charge in [-0.1, -0.05) is 0 Å². The number of thiazole rings is 1. The molecular weight excluding hydrogens is 312 g/mol. The van der Waals surface area contributed by atoms with Crippen molar-refractivity contribution < 1.29 is 9.53 Å². The van der Waals surface area contributed by atoms with Gasteiger partial charge in [-0.05, 0) is 19.8 Å². The third-order valence-electron chi connectivity index (χ3n) is 4.20. The van der Waals surface area contributed by atoms with Gasteiger partial charge in [0.05, 0.1) is 11.6 Å². The van der Waals surface area contributed by atoms with Crippen molar-refractivity contribution in [1.29, 1.82) is 0 Å². The Bertz CT molecular complexity index is 667. The smallest absolute Gasteiger partial charge is 0.273 e. The molecule has 1 aliphatic rings. The van der Waals surface area contributed by atoms with Gasteiger partial charge in [0.25, 0.3) is 5.91 Å². The molecule has 2 aromatic rings. The van der Waals surface area contributed by atoms with Gasteiger partial charge in [0.15, 0.2) is 0 Å². The fourth-order valence-electron chi connectivity index (χ4n) is 3.06. The Morgan fingerprint density at radius 2 is 2.39 bits per heavy atom. The van der Waals surface area contributed by atoms with Gasteiger partial charge in [0.2, 0.25) is 0 Å². The Hall–Kier alpha value is -1.73. The molecular formula is C16H22N4O2S. The summed E-state index contributed by atoms with van der Waals surface area (Å²) in [6.45, 7) is 4.88. The first-order valence-corrected chi connectivity index (χ1v) is 8.78. The largest absolute Gasteiger partial charge is 0.383 e. The first kappa shape index (κ1) is 16.1. The van der Waals surface area contributed by atoms with E-state index in [1.807, 2.05) is 29.6 Å². The van der Waals surface area contributed by atoms with E-state index in [1.165, 1.54) is 11.3 Å². The van der Waals surface area contributed by atoms with Crippen molar-refractivity contribution in [3.05, 3.63) is 34.3 Å². The molecule has 7 heteroatoms. The fraction of sp³-hybridized carbons (Fsp3) is 0.562. The monoisotopic (exact) mass is 334 g/mol. The van der Waals surface area contributed by atoms with Crippen molar-refractivity contribution in [1.82, 2.24) is 19.4 Å². The number of carbonyl (C=O) groups excluding carboxylic acids is 1. The highest BCUT2D eigenvalue weighted by Crippen LogP contribution is 2.27. The number of amides is 1. The standard InChI is InChI=1S/C16H22N4O2S/c1-12-18-14(11-23-12)16(21)20-6-3-4-13(10-20)15-17-5-7-19(15)8-9-22-2/h5,7,11,13H,3-4,6,8-10H2,1-2H3/t13-/m0/s1. The topological polar surface area (TPSA) is 60.2 Å². The number of ether oxygens (including phenoxy) is 1. The number of aryl methyl sites for hydroxylation is 1. The van der Waals surface area contributed by atoms with Crippen LogP contribution in [0.2, 0.25) is 0 Å². The molecule has 3 rings (SSSR count). The normalized spacial score (nSPS) is 18.3. The summed E-state index contributed by atoms with van der Waals surface area (Å²) in [5, 5.41) is 2.78.